The Kier molecular flexibility index (Phi) is 3.31. The Labute approximate surface area is 113 Å². The molecular weight excluding hydrogens is 240 g/mol. The summed E-state index contributed by atoms with van der Waals surface area (Å²) in [4.78, 5) is 0. The van der Waals surface area contributed by atoms with E-state index >= 15 is 0 Å². The first kappa shape index (κ1) is 12.0. The summed E-state index contributed by atoms with van der Waals surface area (Å²) in [6.07, 6.45) is 5.47. The van der Waals surface area contributed by atoms with Gasteiger partial charge in [0.25, 0.3) is 0 Å². The Morgan fingerprint density at radius 3 is 3.00 bits per heavy atom. The highest BCUT2D eigenvalue weighted by Crippen LogP contribution is 2.34. The van der Waals surface area contributed by atoms with Crippen LogP contribution in [0.5, 0.6) is 11.5 Å². The standard InChI is InChI=1S/C15H18N2O2/c1-2-6-17-7-5-12(10-17)9-16-13-3-4-14-15(8-13)19-11-18-14/h3-5,7-8,10,16H,2,6,9,11H2,1H3. The molecule has 0 fully saturated rings. The molecule has 0 saturated heterocycles. The Bertz CT molecular complexity index is 563. The number of aryl methyl sites for hydroxylation is 1. The molecule has 2 heterocycles. The van der Waals surface area contributed by atoms with Crippen LogP contribution < -0.4 is 14.8 Å². The second-order valence-electron chi connectivity index (χ2n) is 4.68. The number of benzene rings is 1. The van der Waals surface area contributed by atoms with Gasteiger partial charge in [0.2, 0.25) is 6.79 Å². The van der Waals surface area contributed by atoms with E-state index in [1.165, 1.54) is 5.56 Å². The zero-order valence-corrected chi connectivity index (χ0v) is 11.1. The third-order valence-electron chi connectivity index (χ3n) is 3.16. The van der Waals surface area contributed by atoms with Crippen molar-refractivity contribution in [3.05, 3.63) is 42.2 Å². The first-order chi connectivity index (χ1) is 9.35. The molecule has 0 unspecified atom stereocenters. The quantitative estimate of drug-likeness (QED) is 0.894. The molecule has 4 heteroatoms. The zero-order chi connectivity index (χ0) is 13.1. The minimum atomic E-state index is 0.318. The Morgan fingerprint density at radius 2 is 2.11 bits per heavy atom. The minimum Gasteiger partial charge on any atom is -0.454 e. The number of nitrogens with zero attached hydrogens (tertiary/aromatic N) is 1. The van der Waals surface area contributed by atoms with Crippen LogP contribution in [-0.2, 0) is 13.1 Å². The van der Waals surface area contributed by atoms with E-state index in [-0.39, 0.29) is 0 Å². The van der Waals surface area contributed by atoms with Gasteiger partial charge in [0, 0.05) is 37.2 Å². The van der Waals surface area contributed by atoms with E-state index in [1.54, 1.807) is 0 Å². The number of fused-ring (bicyclic) bond motifs is 1. The maximum atomic E-state index is 5.36. The first-order valence-electron chi connectivity index (χ1n) is 6.63. The number of anilines is 1. The van der Waals surface area contributed by atoms with Crippen LogP contribution >= 0.6 is 0 Å². The topological polar surface area (TPSA) is 35.4 Å². The normalized spacial score (nSPS) is 12.7. The molecule has 0 saturated carbocycles. The highest BCUT2D eigenvalue weighted by atomic mass is 16.7. The molecule has 100 valence electrons. The number of nitrogens with one attached hydrogen (secondary N) is 1. The summed E-state index contributed by atoms with van der Waals surface area (Å²) >= 11 is 0. The first-order valence-corrected chi connectivity index (χ1v) is 6.63. The van der Waals surface area contributed by atoms with E-state index < -0.39 is 0 Å². The average molecular weight is 258 g/mol. The van der Waals surface area contributed by atoms with Crippen LogP contribution in [0, 0.1) is 0 Å². The third kappa shape index (κ3) is 2.67. The summed E-state index contributed by atoms with van der Waals surface area (Å²) < 4.78 is 12.9. The van der Waals surface area contributed by atoms with Crippen molar-refractivity contribution in [2.24, 2.45) is 0 Å². The molecule has 1 aliphatic heterocycles. The molecule has 4 nitrogen and oxygen atoms in total. The molecule has 1 aromatic carbocycles. The van der Waals surface area contributed by atoms with Crippen LogP contribution in [0.15, 0.2) is 36.7 Å². The second kappa shape index (κ2) is 5.26. The summed E-state index contributed by atoms with van der Waals surface area (Å²) in [6.45, 7) is 4.39. The molecule has 19 heavy (non-hydrogen) atoms. The van der Waals surface area contributed by atoms with Gasteiger partial charge in [0.05, 0.1) is 0 Å². The SMILES string of the molecule is CCCn1ccc(CNc2ccc3c(c2)OCO3)c1. The number of rotatable bonds is 5. The lowest BCUT2D eigenvalue weighted by molar-refractivity contribution is 0.174. The molecule has 0 amide bonds. The molecule has 2 aromatic rings. The van der Waals surface area contributed by atoms with E-state index in [9.17, 15) is 0 Å². The van der Waals surface area contributed by atoms with Crippen LogP contribution in [0.2, 0.25) is 0 Å². The summed E-state index contributed by atoms with van der Waals surface area (Å²) in [5.41, 5.74) is 2.33. The summed E-state index contributed by atoms with van der Waals surface area (Å²) in [6, 6.07) is 8.07. The van der Waals surface area contributed by atoms with Crippen molar-refractivity contribution >= 4 is 5.69 Å². The summed E-state index contributed by atoms with van der Waals surface area (Å²) in [7, 11) is 0. The average Bonchev–Trinajstić information content (AvgIpc) is 3.04. The molecule has 0 radical (unpaired) electrons. The van der Waals surface area contributed by atoms with Gasteiger partial charge in [0.1, 0.15) is 0 Å². The predicted octanol–water partition coefficient (Wildman–Crippen LogP) is 3.24. The van der Waals surface area contributed by atoms with Gasteiger partial charge in [-0.1, -0.05) is 6.92 Å². The third-order valence-corrected chi connectivity index (χ3v) is 3.16. The van der Waals surface area contributed by atoms with Crippen LogP contribution in [0.1, 0.15) is 18.9 Å². The molecule has 3 rings (SSSR count). The molecule has 1 N–H and O–H groups in total. The van der Waals surface area contributed by atoms with Crippen molar-refractivity contribution in [2.45, 2.75) is 26.4 Å². The minimum absolute atomic E-state index is 0.318. The molecule has 1 aromatic heterocycles. The fourth-order valence-electron chi connectivity index (χ4n) is 2.20. The number of hydrogen-bond donors (Lipinski definition) is 1. The van der Waals surface area contributed by atoms with Gasteiger partial charge in [-0.05, 0) is 30.2 Å². The van der Waals surface area contributed by atoms with Crippen molar-refractivity contribution in [1.29, 1.82) is 0 Å². The van der Waals surface area contributed by atoms with Gasteiger partial charge in [-0.15, -0.1) is 0 Å². The largest absolute Gasteiger partial charge is 0.454 e. The lowest BCUT2D eigenvalue weighted by atomic mass is 10.2. The fourth-order valence-corrected chi connectivity index (χ4v) is 2.20. The van der Waals surface area contributed by atoms with E-state index in [0.29, 0.717) is 6.79 Å². The summed E-state index contributed by atoms with van der Waals surface area (Å²) in [5, 5.41) is 3.40. The Balaban J connectivity index is 1.62. The van der Waals surface area contributed by atoms with Crippen LogP contribution in [0.3, 0.4) is 0 Å². The van der Waals surface area contributed by atoms with Crippen molar-refractivity contribution in [1.82, 2.24) is 4.57 Å². The summed E-state index contributed by atoms with van der Waals surface area (Å²) in [5.74, 6) is 1.63. The predicted molar refractivity (Wildman–Crippen MR) is 74.6 cm³/mol. The highest BCUT2D eigenvalue weighted by Gasteiger charge is 2.12. The number of ether oxygens (including phenoxy) is 2. The van der Waals surface area contributed by atoms with Gasteiger partial charge < -0.3 is 19.4 Å². The van der Waals surface area contributed by atoms with Gasteiger partial charge in [-0.3, -0.25) is 0 Å². The van der Waals surface area contributed by atoms with Crippen LogP contribution in [0.25, 0.3) is 0 Å². The maximum absolute atomic E-state index is 5.36. The van der Waals surface area contributed by atoms with Gasteiger partial charge in [0.15, 0.2) is 11.5 Å². The molecule has 0 bridgehead atoms. The molecular formula is C15H18N2O2. The van der Waals surface area contributed by atoms with Gasteiger partial charge in [-0.2, -0.15) is 0 Å². The maximum Gasteiger partial charge on any atom is 0.231 e. The van der Waals surface area contributed by atoms with E-state index in [0.717, 1.165) is 36.7 Å². The van der Waals surface area contributed by atoms with E-state index in [2.05, 4.69) is 35.3 Å². The monoisotopic (exact) mass is 258 g/mol. The second-order valence-corrected chi connectivity index (χ2v) is 4.68. The highest BCUT2D eigenvalue weighted by molar-refractivity contribution is 5.55. The van der Waals surface area contributed by atoms with Crippen molar-refractivity contribution in [2.75, 3.05) is 12.1 Å². The van der Waals surface area contributed by atoms with Crippen molar-refractivity contribution < 1.29 is 9.47 Å². The number of hydrogen-bond acceptors (Lipinski definition) is 3. The lowest BCUT2D eigenvalue weighted by Gasteiger charge is -2.06. The van der Waals surface area contributed by atoms with Crippen molar-refractivity contribution in [3.63, 3.8) is 0 Å². The molecule has 0 aliphatic carbocycles. The van der Waals surface area contributed by atoms with E-state index in [4.69, 9.17) is 9.47 Å². The zero-order valence-electron chi connectivity index (χ0n) is 11.1. The van der Waals surface area contributed by atoms with E-state index in [1.807, 2.05) is 18.2 Å². The number of aromatic nitrogens is 1. The van der Waals surface area contributed by atoms with Gasteiger partial charge >= 0.3 is 0 Å². The Hall–Kier alpha value is -2.10. The molecule has 0 atom stereocenters. The fraction of sp³-hybridized carbons (Fsp3) is 0.333. The Morgan fingerprint density at radius 1 is 1.21 bits per heavy atom. The van der Waals surface area contributed by atoms with Crippen LogP contribution in [0.4, 0.5) is 5.69 Å². The van der Waals surface area contributed by atoms with Crippen molar-refractivity contribution in [3.8, 4) is 11.5 Å². The smallest absolute Gasteiger partial charge is 0.231 e. The molecule has 0 spiro atoms. The van der Waals surface area contributed by atoms with Crippen LogP contribution in [-0.4, -0.2) is 11.4 Å². The lowest BCUT2D eigenvalue weighted by Crippen LogP contribution is -1.98. The molecule has 1 aliphatic rings. The van der Waals surface area contributed by atoms with Gasteiger partial charge in [-0.25, -0.2) is 0 Å².